The Labute approximate surface area is 124 Å². The number of nitrogens with one attached hydrogen (secondary N) is 1. The van der Waals surface area contributed by atoms with Crippen molar-refractivity contribution in [2.45, 2.75) is 12.5 Å². The number of piperazine rings is 1. The largest absolute Gasteiger partial charge is 0.493 e. The van der Waals surface area contributed by atoms with Crippen molar-refractivity contribution in [3.05, 3.63) is 30.0 Å². The lowest BCUT2D eigenvalue weighted by Crippen LogP contribution is -2.46. The first-order valence-electron chi connectivity index (χ1n) is 7.43. The Balaban J connectivity index is 1.66. The number of hydrogen-bond acceptors (Lipinski definition) is 5. The number of fused-ring (bicyclic) bond motifs is 1. The molecule has 1 fully saturated rings. The first kappa shape index (κ1) is 14.4. The van der Waals surface area contributed by atoms with Crippen LogP contribution in [0.5, 0.6) is 5.75 Å². The fourth-order valence-corrected chi connectivity index (χ4v) is 2.84. The number of hydrogen-bond donors (Lipinski definition) is 2. The lowest BCUT2D eigenvalue weighted by Gasteiger charge is -2.28. The van der Waals surface area contributed by atoms with Crippen molar-refractivity contribution in [1.29, 1.82) is 0 Å². The van der Waals surface area contributed by atoms with Gasteiger partial charge in [0, 0.05) is 44.5 Å². The average molecular weight is 290 g/mol. The van der Waals surface area contributed by atoms with Gasteiger partial charge >= 0.3 is 0 Å². The SMILES string of the molecule is COc1cccc2cc(CC(O)CN3CCNCC3)oc12. The highest BCUT2D eigenvalue weighted by Crippen LogP contribution is 2.28. The van der Waals surface area contributed by atoms with E-state index in [2.05, 4.69) is 10.2 Å². The van der Waals surface area contributed by atoms with Crippen molar-refractivity contribution in [3.63, 3.8) is 0 Å². The lowest BCUT2D eigenvalue weighted by atomic mass is 10.1. The van der Waals surface area contributed by atoms with Crippen LogP contribution in [-0.2, 0) is 6.42 Å². The van der Waals surface area contributed by atoms with Gasteiger partial charge in [-0.3, -0.25) is 4.90 Å². The maximum atomic E-state index is 10.3. The van der Waals surface area contributed by atoms with Crippen molar-refractivity contribution in [2.75, 3.05) is 39.8 Å². The monoisotopic (exact) mass is 290 g/mol. The van der Waals surface area contributed by atoms with Gasteiger partial charge in [-0.25, -0.2) is 0 Å². The summed E-state index contributed by atoms with van der Waals surface area (Å²) in [6.07, 6.45) is 0.122. The average Bonchev–Trinajstić information content (AvgIpc) is 2.90. The number of methoxy groups -OCH3 is 1. The number of para-hydroxylation sites is 1. The van der Waals surface area contributed by atoms with Crippen LogP contribution in [0, 0.1) is 0 Å². The zero-order chi connectivity index (χ0) is 14.7. The molecule has 1 unspecified atom stereocenters. The first-order chi connectivity index (χ1) is 10.3. The fraction of sp³-hybridized carbons (Fsp3) is 0.500. The van der Waals surface area contributed by atoms with Crippen molar-refractivity contribution in [1.82, 2.24) is 10.2 Å². The van der Waals surface area contributed by atoms with E-state index in [0.717, 1.165) is 48.7 Å². The van der Waals surface area contributed by atoms with Gasteiger partial charge in [0.1, 0.15) is 5.76 Å². The van der Waals surface area contributed by atoms with Crippen molar-refractivity contribution >= 4 is 11.0 Å². The Hall–Kier alpha value is -1.56. The van der Waals surface area contributed by atoms with Gasteiger partial charge < -0.3 is 19.6 Å². The number of nitrogens with zero attached hydrogens (tertiary/aromatic N) is 1. The standard InChI is InChI=1S/C16H22N2O3/c1-20-15-4-2-3-12-9-14(21-16(12)15)10-13(19)11-18-7-5-17-6-8-18/h2-4,9,13,17,19H,5-8,10-11H2,1H3. The zero-order valence-electron chi connectivity index (χ0n) is 12.3. The molecule has 2 N–H and O–H groups in total. The third kappa shape index (κ3) is 3.37. The molecule has 1 atom stereocenters. The van der Waals surface area contributed by atoms with Crippen molar-refractivity contribution < 1.29 is 14.3 Å². The molecular weight excluding hydrogens is 268 g/mol. The minimum atomic E-state index is -0.408. The van der Waals surface area contributed by atoms with Crippen LogP contribution < -0.4 is 10.1 Å². The van der Waals surface area contributed by atoms with Crippen LogP contribution in [0.4, 0.5) is 0 Å². The van der Waals surface area contributed by atoms with Crippen molar-refractivity contribution in [3.8, 4) is 5.75 Å². The normalized spacial score (nSPS) is 18.0. The molecule has 0 radical (unpaired) electrons. The van der Waals surface area contributed by atoms with Crippen LogP contribution in [0.15, 0.2) is 28.7 Å². The van der Waals surface area contributed by atoms with Gasteiger partial charge in [0.25, 0.3) is 0 Å². The van der Waals surface area contributed by atoms with Gasteiger partial charge in [0.15, 0.2) is 11.3 Å². The summed E-state index contributed by atoms with van der Waals surface area (Å²) in [5.41, 5.74) is 0.754. The minimum absolute atomic E-state index is 0.408. The molecular formula is C16H22N2O3. The van der Waals surface area contributed by atoms with E-state index in [0.29, 0.717) is 13.0 Å². The highest BCUT2D eigenvalue weighted by Gasteiger charge is 2.17. The second-order valence-corrected chi connectivity index (χ2v) is 5.50. The molecule has 5 nitrogen and oxygen atoms in total. The highest BCUT2D eigenvalue weighted by molar-refractivity contribution is 5.83. The Bertz CT molecular complexity index is 590. The summed E-state index contributed by atoms with van der Waals surface area (Å²) in [6, 6.07) is 7.80. The number of ether oxygens (including phenoxy) is 1. The number of aliphatic hydroxyl groups is 1. The fourth-order valence-electron chi connectivity index (χ4n) is 2.84. The Morgan fingerprint density at radius 1 is 1.38 bits per heavy atom. The van der Waals surface area contributed by atoms with Gasteiger partial charge in [-0.15, -0.1) is 0 Å². The molecule has 1 aromatic heterocycles. The van der Waals surface area contributed by atoms with Gasteiger partial charge in [0.2, 0.25) is 0 Å². The summed E-state index contributed by atoms with van der Waals surface area (Å²) >= 11 is 0. The quantitative estimate of drug-likeness (QED) is 0.868. The molecule has 3 rings (SSSR count). The van der Waals surface area contributed by atoms with E-state index in [-0.39, 0.29) is 0 Å². The molecule has 0 spiro atoms. The van der Waals surface area contributed by atoms with Gasteiger partial charge in [0.05, 0.1) is 13.2 Å². The maximum absolute atomic E-state index is 10.3. The van der Waals surface area contributed by atoms with Crippen molar-refractivity contribution in [2.24, 2.45) is 0 Å². The first-order valence-corrected chi connectivity index (χ1v) is 7.43. The summed E-state index contributed by atoms with van der Waals surface area (Å²) in [5, 5.41) is 14.6. The molecule has 1 aliphatic rings. The minimum Gasteiger partial charge on any atom is -0.493 e. The topological polar surface area (TPSA) is 57.9 Å². The molecule has 5 heteroatoms. The van der Waals surface area contributed by atoms with Crippen LogP contribution in [0.1, 0.15) is 5.76 Å². The number of β-amino-alcohol motifs (C(OH)–C–C–N with tert-alkyl or cyclic N) is 1. The number of aliphatic hydroxyl groups excluding tert-OH is 1. The predicted molar refractivity (Wildman–Crippen MR) is 81.8 cm³/mol. The molecule has 0 aliphatic carbocycles. The van der Waals surface area contributed by atoms with Gasteiger partial charge in [-0.05, 0) is 12.1 Å². The van der Waals surface area contributed by atoms with E-state index < -0.39 is 6.10 Å². The van der Waals surface area contributed by atoms with Crippen LogP contribution in [0.3, 0.4) is 0 Å². The molecule has 1 aliphatic heterocycles. The maximum Gasteiger partial charge on any atom is 0.176 e. The van der Waals surface area contributed by atoms with E-state index in [1.165, 1.54) is 0 Å². The number of furan rings is 1. The third-order valence-corrected chi connectivity index (χ3v) is 3.89. The molecule has 0 saturated carbocycles. The van der Waals surface area contributed by atoms with Crippen LogP contribution in [0.25, 0.3) is 11.0 Å². The highest BCUT2D eigenvalue weighted by atomic mass is 16.5. The molecule has 2 aromatic rings. The smallest absolute Gasteiger partial charge is 0.176 e. The number of benzene rings is 1. The van der Waals surface area contributed by atoms with E-state index in [9.17, 15) is 5.11 Å². The van der Waals surface area contributed by atoms with Crippen LogP contribution in [-0.4, -0.2) is 55.9 Å². The van der Waals surface area contributed by atoms with Gasteiger partial charge in [-0.1, -0.05) is 12.1 Å². The summed E-state index contributed by atoms with van der Waals surface area (Å²) in [6.45, 7) is 4.66. The third-order valence-electron chi connectivity index (χ3n) is 3.89. The van der Waals surface area contributed by atoms with E-state index in [1.807, 2.05) is 24.3 Å². The summed E-state index contributed by atoms with van der Waals surface area (Å²) < 4.78 is 11.1. The molecule has 21 heavy (non-hydrogen) atoms. The molecule has 114 valence electrons. The number of rotatable bonds is 5. The Morgan fingerprint density at radius 3 is 2.95 bits per heavy atom. The second-order valence-electron chi connectivity index (χ2n) is 5.50. The van der Waals surface area contributed by atoms with Crippen LogP contribution in [0.2, 0.25) is 0 Å². The Morgan fingerprint density at radius 2 is 2.19 bits per heavy atom. The molecule has 1 aromatic carbocycles. The summed E-state index contributed by atoms with van der Waals surface area (Å²) in [7, 11) is 1.64. The van der Waals surface area contributed by atoms with E-state index >= 15 is 0 Å². The molecule has 0 amide bonds. The lowest BCUT2D eigenvalue weighted by molar-refractivity contribution is 0.101. The van der Waals surface area contributed by atoms with Crippen LogP contribution >= 0.6 is 0 Å². The molecule has 1 saturated heterocycles. The second kappa shape index (κ2) is 6.47. The zero-order valence-corrected chi connectivity index (χ0v) is 12.3. The van der Waals surface area contributed by atoms with E-state index in [4.69, 9.17) is 9.15 Å². The Kier molecular flexibility index (Phi) is 4.43. The molecule has 0 bridgehead atoms. The van der Waals surface area contributed by atoms with Gasteiger partial charge in [-0.2, -0.15) is 0 Å². The molecule has 2 heterocycles. The van der Waals surface area contributed by atoms with E-state index in [1.54, 1.807) is 7.11 Å². The predicted octanol–water partition coefficient (Wildman–Crippen LogP) is 1.25. The summed E-state index contributed by atoms with van der Waals surface area (Å²) in [5.74, 6) is 1.53. The summed E-state index contributed by atoms with van der Waals surface area (Å²) in [4.78, 5) is 2.28.